The summed E-state index contributed by atoms with van der Waals surface area (Å²) < 4.78 is 0. The normalized spacial score (nSPS) is 20.8. The minimum atomic E-state index is 0.111. The van der Waals surface area contributed by atoms with Crippen molar-refractivity contribution in [2.75, 3.05) is 31.1 Å². The van der Waals surface area contributed by atoms with E-state index >= 15 is 0 Å². The van der Waals surface area contributed by atoms with Crippen LogP contribution in [0.1, 0.15) is 39.3 Å². The summed E-state index contributed by atoms with van der Waals surface area (Å²) in [4.78, 5) is 4.97. The van der Waals surface area contributed by atoms with E-state index in [1.54, 1.807) is 0 Å². The largest absolute Gasteiger partial charge is 0.353 e. The molecule has 0 spiro atoms. The molecule has 116 valence electrons. The number of piperazine rings is 1. The summed E-state index contributed by atoms with van der Waals surface area (Å²) >= 11 is 0. The van der Waals surface area contributed by atoms with E-state index in [9.17, 15) is 0 Å². The monoisotopic (exact) mass is 289 g/mol. The van der Waals surface area contributed by atoms with Gasteiger partial charge in [0, 0.05) is 44.3 Å². The molecule has 5 nitrogen and oxygen atoms in total. The van der Waals surface area contributed by atoms with E-state index in [-0.39, 0.29) is 5.54 Å². The van der Waals surface area contributed by atoms with Crippen LogP contribution in [-0.4, -0.2) is 52.9 Å². The van der Waals surface area contributed by atoms with E-state index in [0.29, 0.717) is 0 Å². The summed E-state index contributed by atoms with van der Waals surface area (Å²) in [5, 5.41) is 12.2. The van der Waals surface area contributed by atoms with E-state index in [4.69, 9.17) is 0 Å². The molecule has 5 heteroatoms. The standard InChI is InChI=1S/C16H27N5/c1-16(2,3)17-12-13-4-7-15(19-18-13)21-10-8-20(9-11-21)14-5-6-14/h4,7,14,17H,5-6,8-12H2,1-3H3. The Bertz CT molecular complexity index is 453. The second-order valence-corrected chi connectivity index (χ2v) is 7.24. The fourth-order valence-corrected chi connectivity index (χ4v) is 2.73. The molecule has 1 aliphatic carbocycles. The number of hydrogen-bond donors (Lipinski definition) is 1. The number of nitrogens with zero attached hydrogens (tertiary/aromatic N) is 4. The van der Waals surface area contributed by atoms with Crippen LogP contribution in [0.5, 0.6) is 0 Å². The van der Waals surface area contributed by atoms with Gasteiger partial charge < -0.3 is 10.2 Å². The van der Waals surface area contributed by atoms with Crippen molar-refractivity contribution < 1.29 is 0 Å². The number of hydrogen-bond acceptors (Lipinski definition) is 5. The van der Waals surface area contributed by atoms with Crippen molar-refractivity contribution in [1.82, 2.24) is 20.4 Å². The zero-order chi connectivity index (χ0) is 14.9. The number of nitrogens with one attached hydrogen (secondary N) is 1. The Balaban J connectivity index is 1.52. The second-order valence-electron chi connectivity index (χ2n) is 7.24. The lowest BCUT2D eigenvalue weighted by molar-refractivity contribution is 0.247. The van der Waals surface area contributed by atoms with E-state index in [1.165, 1.54) is 25.9 Å². The molecule has 0 aromatic carbocycles. The molecular formula is C16H27N5. The van der Waals surface area contributed by atoms with E-state index < -0.39 is 0 Å². The van der Waals surface area contributed by atoms with Crippen LogP contribution in [0.3, 0.4) is 0 Å². The smallest absolute Gasteiger partial charge is 0.151 e. The van der Waals surface area contributed by atoms with Crippen molar-refractivity contribution in [3.63, 3.8) is 0 Å². The van der Waals surface area contributed by atoms with Crippen LogP contribution in [0, 0.1) is 0 Å². The fraction of sp³-hybridized carbons (Fsp3) is 0.750. The zero-order valence-electron chi connectivity index (χ0n) is 13.5. The first-order valence-electron chi connectivity index (χ1n) is 8.08. The van der Waals surface area contributed by atoms with Crippen LogP contribution in [0.4, 0.5) is 5.82 Å². The lowest BCUT2D eigenvalue weighted by Crippen LogP contribution is -2.47. The molecule has 2 aliphatic rings. The SMILES string of the molecule is CC(C)(C)NCc1ccc(N2CCN(C3CC3)CC2)nn1. The van der Waals surface area contributed by atoms with Crippen LogP contribution in [0.25, 0.3) is 0 Å². The molecule has 2 fully saturated rings. The quantitative estimate of drug-likeness (QED) is 0.913. The highest BCUT2D eigenvalue weighted by atomic mass is 15.3. The topological polar surface area (TPSA) is 44.3 Å². The average Bonchev–Trinajstić information content (AvgIpc) is 3.30. The van der Waals surface area contributed by atoms with Gasteiger partial charge in [0.05, 0.1) is 5.69 Å². The zero-order valence-corrected chi connectivity index (χ0v) is 13.5. The molecule has 1 N–H and O–H groups in total. The minimum Gasteiger partial charge on any atom is -0.353 e. The van der Waals surface area contributed by atoms with Crippen molar-refractivity contribution in [2.45, 2.75) is 51.7 Å². The Kier molecular flexibility index (Phi) is 4.13. The maximum absolute atomic E-state index is 4.41. The van der Waals surface area contributed by atoms with Crippen LogP contribution >= 0.6 is 0 Å². The molecule has 1 aromatic heterocycles. The van der Waals surface area contributed by atoms with Crippen molar-refractivity contribution >= 4 is 5.82 Å². The first kappa shape index (κ1) is 14.7. The molecule has 1 saturated carbocycles. The summed E-state index contributed by atoms with van der Waals surface area (Å²) in [6, 6.07) is 5.08. The summed E-state index contributed by atoms with van der Waals surface area (Å²) in [7, 11) is 0. The Morgan fingerprint density at radius 2 is 1.81 bits per heavy atom. The fourth-order valence-electron chi connectivity index (χ4n) is 2.73. The van der Waals surface area contributed by atoms with E-state index in [1.807, 2.05) is 0 Å². The molecule has 21 heavy (non-hydrogen) atoms. The van der Waals surface area contributed by atoms with E-state index in [2.05, 4.69) is 58.2 Å². The van der Waals surface area contributed by atoms with Gasteiger partial charge in [0.25, 0.3) is 0 Å². The van der Waals surface area contributed by atoms with Crippen molar-refractivity contribution in [1.29, 1.82) is 0 Å². The van der Waals surface area contributed by atoms with Crippen LogP contribution in [0.15, 0.2) is 12.1 Å². The average molecular weight is 289 g/mol. The maximum atomic E-state index is 4.41. The predicted molar refractivity (Wildman–Crippen MR) is 85.4 cm³/mol. The van der Waals surface area contributed by atoms with Crippen molar-refractivity contribution in [3.8, 4) is 0 Å². The van der Waals surface area contributed by atoms with Gasteiger partial charge in [0.1, 0.15) is 0 Å². The number of aromatic nitrogens is 2. The summed E-state index contributed by atoms with van der Waals surface area (Å²) in [5.74, 6) is 1.02. The molecule has 0 atom stereocenters. The van der Waals surface area contributed by atoms with Gasteiger partial charge in [-0.1, -0.05) is 0 Å². The van der Waals surface area contributed by atoms with Crippen LogP contribution < -0.4 is 10.2 Å². The lowest BCUT2D eigenvalue weighted by atomic mass is 10.1. The first-order chi connectivity index (χ1) is 10.0. The Labute approximate surface area is 127 Å². The third-order valence-corrected chi connectivity index (χ3v) is 4.21. The van der Waals surface area contributed by atoms with Gasteiger partial charge in [-0.2, -0.15) is 5.10 Å². The highest BCUT2D eigenvalue weighted by Crippen LogP contribution is 2.28. The van der Waals surface area contributed by atoms with Gasteiger partial charge >= 0.3 is 0 Å². The third-order valence-electron chi connectivity index (χ3n) is 4.21. The number of anilines is 1. The molecule has 3 rings (SSSR count). The summed E-state index contributed by atoms with van der Waals surface area (Å²) in [6.07, 6.45) is 2.80. The molecule has 2 heterocycles. The molecule has 0 unspecified atom stereocenters. The first-order valence-corrected chi connectivity index (χ1v) is 8.08. The van der Waals surface area contributed by atoms with Gasteiger partial charge in [0.2, 0.25) is 0 Å². The molecular weight excluding hydrogens is 262 g/mol. The third kappa shape index (κ3) is 4.14. The summed E-state index contributed by atoms with van der Waals surface area (Å²) in [5.41, 5.74) is 1.12. The van der Waals surface area contributed by atoms with Gasteiger partial charge in [0.15, 0.2) is 5.82 Å². The van der Waals surface area contributed by atoms with Gasteiger partial charge in [-0.25, -0.2) is 0 Å². The molecule has 1 saturated heterocycles. The Hall–Kier alpha value is -1.20. The van der Waals surface area contributed by atoms with Crippen LogP contribution in [0.2, 0.25) is 0 Å². The van der Waals surface area contributed by atoms with E-state index in [0.717, 1.165) is 37.2 Å². The van der Waals surface area contributed by atoms with Crippen LogP contribution in [-0.2, 0) is 6.54 Å². The minimum absolute atomic E-state index is 0.111. The van der Waals surface area contributed by atoms with Gasteiger partial charge in [-0.3, -0.25) is 4.90 Å². The lowest BCUT2D eigenvalue weighted by Gasteiger charge is -2.35. The van der Waals surface area contributed by atoms with Crippen molar-refractivity contribution in [2.24, 2.45) is 0 Å². The maximum Gasteiger partial charge on any atom is 0.151 e. The summed E-state index contributed by atoms with van der Waals surface area (Å²) in [6.45, 7) is 11.7. The molecule has 0 amide bonds. The molecule has 1 aromatic rings. The van der Waals surface area contributed by atoms with Gasteiger partial charge in [-0.15, -0.1) is 5.10 Å². The van der Waals surface area contributed by atoms with Crippen molar-refractivity contribution in [3.05, 3.63) is 17.8 Å². The number of rotatable bonds is 4. The highest BCUT2D eigenvalue weighted by Gasteiger charge is 2.31. The predicted octanol–water partition coefficient (Wildman–Crippen LogP) is 1.65. The highest BCUT2D eigenvalue weighted by molar-refractivity contribution is 5.38. The molecule has 1 aliphatic heterocycles. The Morgan fingerprint density at radius 3 is 2.33 bits per heavy atom. The molecule has 0 bridgehead atoms. The van der Waals surface area contributed by atoms with Gasteiger partial charge in [-0.05, 0) is 45.7 Å². The Morgan fingerprint density at radius 1 is 1.10 bits per heavy atom. The second kappa shape index (κ2) is 5.89. The molecule has 0 radical (unpaired) electrons.